The second kappa shape index (κ2) is 7.04. The lowest BCUT2D eigenvalue weighted by Crippen LogP contribution is -2.50. The van der Waals surface area contributed by atoms with Crippen LogP contribution >= 0.6 is 22.6 Å². The molecular formula is C16H24INO. The van der Waals surface area contributed by atoms with E-state index in [-0.39, 0.29) is 11.6 Å². The van der Waals surface area contributed by atoms with Gasteiger partial charge in [-0.15, -0.1) is 0 Å². The molecule has 0 radical (unpaired) electrons. The lowest BCUT2D eigenvalue weighted by molar-refractivity contribution is -0.0430. The smallest absolute Gasteiger partial charge is 0.0832 e. The molecule has 0 aromatic heterocycles. The topological polar surface area (TPSA) is 35.2 Å². The molecule has 2 N–H and O–H groups in total. The fourth-order valence-corrected chi connectivity index (χ4v) is 3.47. The minimum Gasteiger partial charge on any atom is -0.377 e. The van der Waals surface area contributed by atoms with Gasteiger partial charge in [0.15, 0.2) is 0 Å². The number of ether oxygens (including phenoxy) is 1. The Kier molecular flexibility index (Phi) is 5.66. The maximum Gasteiger partial charge on any atom is 0.0832 e. The highest BCUT2D eigenvalue weighted by molar-refractivity contribution is 14.1. The van der Waals surface area contributed by atoms with Crippen LogP contribution in [0, 0.1) is 3.57 Å². The van der Waals surface area contributed by atoms with Crippen molar-refractivity contribution in [3.05, 3.63) is 33.4 Å². The second-order valence-electron chi connectivity index (χ2n) is 5.62. The summed E-state index contributed by atoms with van der Waals surface area (Å²) in [5, 5.41) is 0. The molecule has 1 aromatic carbocycles. The lowest BCUT2D eigenvalue weighted by Gasteiger charge is -2.37. The number of halogens is 1. The van der Waals surface area contributed by atoms with Crippen molar-refractivity contribution in [2.45, 2.75) is 56.6 Å². The molecule has 2 rings (SSSR count). The summed E-state index contributed by atoms with van der Waals surface area (Å²) in [5.74, 6) is 0. The van der Waals surface area contributed by atoms with E-state index < -0.39 is 0 Å². The van der Waals surface area contributed by atoms with Crippen LogP contribution in [0.1, 0.15) is 44.1 Å². The van der Waals surface area contributed by atoms with Crippen LogP contribution in [-0.2, 0) is 11.2 Å². The van der Waals surface area contributed by atoms with E-state index in [4.69, 9.17) is 10.5 Å². The Labute approximate surface area is 130 Å². The summed E-state index contributed by atoms with van der Waals surface area (Å²) in [6, 6.07) is 8.75. The van der Waals surface area contributed by atoms with E-state index in [1.165, 1.54) is 34.8 Å². The molecule has 3 heteroatoms. The first-order valence-corrected chi connectivity index (χ1v) is 8.29. The van der Waals surface area contributed by atoms with Gasteiger partial charge in [-0.2, -0.15) is 0 Å². The number of methoxy groups -OCH3 is 1. The fourth-order valence-electron chi connectivity index (χ4n) is 3.11. The van der Waals surface area contributed by atoms with Crippen LogP contribution in [0.5, 0.6) is 0 Å². The molecular weight excluding hydrogens is 349 g/mol. The normalized spacial score (nSPS) is 20.8. The van der Waals surface area contributed by atoms with Gasteiger partial charge in [0.1, 0.15) is 0 Å². The fraction of sp³-hybridized carbons (Fsp3) is 0.625. The Bertz CT molecular complexity index is 382. The van der Waals surface area contributed by atoms with Crippen LogP contribution in [0.2, 0.25) is 0 Å². The molecule has 0 saturated heterocycles. The molecule has 106 valence electrons. The van der Waals surface area contributed by atoms with Crippen molar-refractivity contribution in [2.75, 3.05) is 7.11 Å². The van der Waals surface area contributed by atoms with E-state index in [0.29, 0.717) is 0 Å². The standard InChI is InChI=1S/C16H24INO/c1-19-16(10-4-2-3-5-11-16)15(18)12-13-6-8-14(17)9-7-13/h6-9,15H,2-5,10-12,18H2,1H3. The van der Waals surface area contributed by atoms with Gasteiger partial charge in [-0.1, -0.05) is 37.8 Å². The molecule has 1 aliphatic carbocycles. The Morgan fingerprint density at radius 2 is 1.74 bits per heavy atom. The van der Waals surface area contributed by atoms with Crippen molar-refractivity contribution in [3.8, 4) is 0 Å². The molecule has 0 amide bonds. The van der Waals surface area contributed by atoms with Gasteiger partial charge >= 0.3 is 0 Å². The van der Waals surface area contributed by atoms with E-state index in [1.807, 2.05) is 7.11 Å². The van der Waals surface area contributed by atoms with Crippen LogP contribution in [0.25, 0.3) is 0 Å². The van der Waals surface area contributed by atoms with Crippen molar-refractivity contribution >= 4 is 22.6 Å². The highest BCUT2D eigenvalue weighted by atomic mass is 127. The molecule has 1 aliphatic rings. The molecule has 0 aliphatic heterocycles. The van der Waals surface area contributed by atoms with Crippen LogP contribution in [0.15, 0.2) is 24.3 Å². The maximum atomic E-state index is 6.51. The Morgan fingerprint density at radius 3 is 2.26 bits per heavy atom. The zero-order valence-electron chi connectivity index (χ0n) is 11.7. The maximum absolute atomic E-state index is 6.51. The van der Waals surface area contributed by atoms with Crippen molar-refractivity contribution in [1.29, 1.82) is 0 Å². The summed E-state index contributed by atoms with van der Waals surface area (Å²) in [5.41, 5.74) is 7.71. The summed E-state index contributed by atoms with van der Waals surface area (Å²) in [6.07, 6.45) is 8.25. The second-order valence-corrected chi connectivity index (χ2v) is 6.87. The molecule has 1 unspecified atom stereocenters. The van der Waals surface area contributed by atoms with Crippen molar-refractivity contribution in [3.63, 3.8) is 0 Å². The third-order valence-corrected chi connectivity index (χ3v) is 5.12. The van der Waals surface area contributed by atoms with Gasteiger partial charge in [-0.05, 0) is 59.5 Å². The van der Waals surface area contributed by atoms with Crippen LogP contribution in [0.3, 0.4) is 0 Å². The molecule has 1 atom stereocenters. The minimum atomic E-state index is -0.112. The summed E-state index contributed by atoms with van der Waals surface area (Å²) in [7, 11) is 1.83. The first kappa shape index (κ1) is 15.3. The van der Waals surface area contributed by atoms with E-state index in [9.17, 15) is 0 Å². The van der Waals surface area contributed by atoms with Crippen LogP contribution in [-0.4, -0.2) is 18.8 Å². The van der Waals surface area contributed by atoms with E-state index in [1.54, 1.807) is 0 Å². The average Bonchev–Trinajstić information content (AvgIpc) is 2.67. The van der Waals surface area contributed by atoms with E-state index in [0.717, 1.165) is 19.3 Å². The molecule has 2 nitrogen and oxygen atoms in total. The summed E-state index contributed by atoms with van der Waals surface area (Å²) < 4.78 is 7.16. The van der Waals surface area contributed by atoms with Gasteiger partial charge in [0.2, 0.25) is 0 Å². The third kappa shape index (κ3) is 3.92. The number of hydrogen-bond acceptors (Lipinski definition) is 2. The van der Waals surface area contributed by atoms with E-state index in [2.05, 4.69) is 46.9 Å². The summed E-state index contributed by atoms with van der Waals surface area (Å²) in [6.45, 7) is 0. The zero-order valence-corrected chi connectivity index (χ0v) is 13.9. The highest BCUT2D eigenvalue weighted by Crippen LogP contribution is 2.33. The predicted molar refractivity (Wildman–Crippen MR) is 88.3 cm³/mol. The number of hydrogen-bond donors (Lipinski definition) is 1. The van der Waals surface area contributed by atoms with Crippen molar-refractivity contribution in [2.24, 2.45) is 5.73 Å². The van der Waals surface area contributed by atoms with E-state index >= 15 is 0 Å². The minimum absolute atomic E-state index is 0.0932. The number of rotatable bonds is 4. The first-order chi connectivity index (χ1) is 9.16. The van der Waals surface area contributed by atoms with Gasteiger partial charge < -0.3 is 10.5 Å². The average molecular weight is 373 g/mol. The van der Waals surface area contributed by atoms with Gasteiger partial charge in [-0.25, -0.2) is 0 Å². The molecule has 1 aromatic rings. The molecule has 19 heavy (non-hydrogen) atoms. The van der Waals surface area contributed by atoms with Gasteiger partial charge in [0.25, 0.3) is 0 Å². The summed E-state index contributed by atoms with van der Waals surface area (Å²) >= 11 is 2.33. The predicted octanol–water partition coefficient (Wildman–Crippen LogP) is 3.90. The Morgan fingerprint density at radius 1 is 1.16 bits per heavy atom. The third-order valence-electron chi connectivity index (χ3n) is 4.40. The molecule has 1 fully saturated rings. The molecule has 0 spiro atoms. The molecule has 0 heterocycles. The largest absolute Gasteiger partial charge is 0.377 e. The quantitative estimate of drug-likeness (QED) is 0.642. The number of benzene rings is 1. The van der Waals surface area contributed by atoms with Crippen LogP contribution < -0.4 is 5.73 Å². The lowest BCUT2D eigenvalue weighted by atomic mass is 9.83. The molecule has 0 bridgehead atoms. The molecule has 1 saturated carbocycles. The summed E-state index contributed by atoms with van der Waals surface area (Å²) in [4.78, 5) is 0. The Hall–Kier alpha value is -0.130. The number of nitrogens with two attached hydrogens (primary N) is 1. The highest BCUT2D eigenvalue weighted by Gasteiger charge is 2.36. The first-order valence-electron chi connectivity index (χ1n) is 7.21. The van der Waals surface area contributed by atoms with Crippen LogP contribution in [0.4, 0.5) is 0 Å². The van der Waals surface area contributed by atoms with Crippen molar-refractivity contribution in [1.82, 2.24) is 0 Å². The monoisotopic (exact) mass is 373 g/mol. The van der Waals surface area contributed by atoms with Gasteiger partial charge in [-0.3, -0.25) is 0 Å². The van der Waals surface area contributed by atoms with Gasteiger partial charge in [0.05, 0.1) is 5.60 Å². The van der Waals surface area contributed by atoms with Crippen molar-refractivity contribution < 1.29 is 4.74 Å². The SMILES string of the molecule is COC1(C(N)Cc2ccc(I)cc2)CCCCCC1. The Balaban J connectivity index is 2.07. The van der Waals surface area contributed by atoms with Gasteiger partial charge in [0, 0.05) is 16.7 Å². The zero-order chi connectivity index (χ0) is 13.7.